The second kappa shape index (κ2) is 15.6. The molecule has 57 valence electrons. The molecule has 0 saturated carbocycles. The summed E-state index contributed by atoms with van der Waals surface area (Å²) in [6.45, 7) is 4.77. The Hall–Kier alpha value is -0.284. The molecule has 9 heavy (non-hydrogen) atoms. The fourth-order valence-corrected chi connectivity index (χ4v) is 0.176. The summed E-state index contributed by atoms with van der Waals surface area (Å²) in [6.07, 6.45) is 2.84. The molecular weight excluding hydrogens is 163 g/mol. The van der Waals surface area contributed by atoms with Crippen LogP contribution in [0.2, 0.25) is 0 Å². The summed E-state index contributed by atoms with van der Waals surface area (Å²) in [5.74, 6) is 0.116. The van der Waals surface area contributed by atoms with E-state index in [1.807, 2.05) is 0 Å². The first-order valence-corrected chi connectivity index (χ1v) is 2.33. The standard InChI is InChI=1S/C5H7O.CH3.Co.O/c1-3-4-5(2)6;;;/h1,4H2,2H3;1H3;;/q2*-1;;. The summed E-state index contributed by atoms with van der Waals surface area (Å²) >= 11 is 2.31. The molecule has 0 aliphatic carbocycles. The minimum atomic E-state index is 0. The molecule has 0 heterocycles. The molecule has 2 nitrogen and oxygen atoms in total. The molecule has 3 heteroatoms. The van der Waals surface area contributed by atoms with Crippen LogP contribution in [0.3, 0.4) is 0 Å². The third-order valence-corrected chi connectivity index (χ3v) is 0.374. The van der Waals surface area contributed by atoms with Crippen molar-refractivity contribution in [3.8, 4) is 0 Å². The second-order valence-electron chi connectivity index (χ2n) is 1.13. The number of hydrogen-bond acceptors (Lipinski definition) is 2. The first kappa shape index (κ1) is 15.9. The van der Waals surface area contributed by atoms with E-state index in [1.165, 1.54) is 6.92 Å². The van der Waals surface area contributed by atoms with E-state index in [0.29, 0.717) is 6.42 Å². The van der Waals surface area contributed by atoms with E-state index in [9.17, 15) is 4.79 Å². The zero-order valence-corrected chi connectivity index (χ0v) is 6.61. The Labute approximate surface area is 64.1 Å². The topological polar surface area (TPSA) is 34.1 Å². The number of rotatable bonds is 2. The molecule has 0 aromatic heterocycles. The van der Waals surface area contributed by atoms with Gasteiger partial charge in [-0.1, -0.05) is 0 Å². The summed E-state index contributed by atoms with van der Waals surface area (Å²) in [5.41, 5.74) is 0. The van der Waals surface area contributed by atoms with Crippen molar-refractivity contribution < 1.29 is 24.3 Å². The van der Waals surface area contributed by atoms with E-state index in [1.54, 1.807) is 0 Å². The van der Waals surface area contributed by atoms with Crippen molar-refractivity contribution in [1.82, 2.24) is 0 Å². The van der Waals surface area contributed by atoms with Gasteiger partial charge in [0.25, 0.3) is 0 Å². The summed E-state index contributed by atoms with van der Waals surface area (Å²) in [6, 6.07) is 0. The first-order chi connectivity index (χ1) is 3.77. The predicted octanol–water partition coefficient (Wildman–Crippen LogP) is 1.28. The van der Waals surface area contributed by atoms with E-state index in [-0.39, 0.29) is 13.2 Å². The van der Waals surface area contributed by atoms with E-state index >= 15 is 0 Å². The monoisotopic (exact) mass is 173 g/mol. The summed E-state index contributed by atoms with van der Waals surface area (Å²) in [4.78, 5) is 9.94. The number of carbonyl (C=O) groups excluding carboxylic acids is 1. The average Bonchev–Trinajstić information content (AvgIpc) is 1.72. The van der Waals surface area contributed by atoms with Crippen molar-refractivity contribution in [3.63, 3.8) is 0 Å². The molecule has 0 atom stereocenters. The Morgan fingerprint density at radius 3 is 2.00 bits per heavy atom. The molecule has 0 fully saturated rings. The molecular formula is C6H10CoO2-2. The van der Waals surface area contributed by atoms with Crippen molar-refractivity contribution in [1.29, 1.82) is 0 Å². The maximum absolute atomic E-state index is 9.94. The van der Waals surface area contributed by atoms with Crippen LogP contribution < -0.4 is 0 Å². The molecule has 0 N–H and O–H groups in total. The number of carbonyl (C=O) groups is 1. The van der Waals surface area contributed by atoms with Gasteiger partial charge < -0.3 is 18.3 Å². The first-order valence-electron chi connectivity index (χ1n) is 1.90. The Morgan fingerprint density at radius 1 is 1.67 bits per heavy atom. The Bertz CT molecular complexity index is 81.1. The molecule has 0 bridgehead atoms. The van der Waals surface area contributed by atoms with Gasteiger partial charge >= 0.3 is 19.5 Å². The van der Waals surface area contributed by atoms with Crippen molar-refractivity contribution in [2.45, 2.75) is 13.3 Å². The van der Waals surface area contributed by atoms with Gasteiger partial charge in [-0.15, -0.1) is 6.42 Å². The van der Waals surface area contributed by atoms with Crippen LogP contribution in [0.1, 0.15) is 13.3 Å². The molecule has 0 radical (unpaired) electrons. The molecule has 0 aliphatic heterocycles. The Morgan fingerprint density at radius 2 is 2.00 bits per heavy atom. The quantitative estimate of drug-likeness (QED) is 0.589. The molecule has 0 aromatic carbocycles. The van der Waals surface area contributed by atoms with Gasteiger partial charge in [0.2, 0.25) is 0 Å². The fourth-order valence-electron chi connectivity index (χ4n) is 0.176. The van der Waals surface area contributed by atoms with Crippen LogP contribution in [0, 0.1) is 13.5 Å². The van der Waals surface area contributed by atoms with E-state index in [4.69, 9.17) is 3.87 Å². The third-order valence-electron chi connectivity index (χ3n) is 0.374. The van der Waals surface area contributed by atoms with E-state index < -0.39 is 0 Å². The summed E-state index contributed by atoms with van der Waals surface area (Å²) < 4.78 is 7.94. The minimum absolute atomic E-state index is 0. The number of Topliss-reactive ketones (excluding diaryl/α,β-unsaturated/α-hetero) is 1. The van der Waals surface area contributed by atoms with Gasteiger partial charge in [-0.05, 0) is 6.92 Å². The van der Waals surface area contributed by atoms with Crippen molar-refractivity contribution in [2.75, 3.05) is 0 Å². The van der Waals surface area contributed by atoms with Crippen LogP contribution in [0.15, 0.2) is 6.58 Å². The van der Waals surface area contributed by atoms with E-state index in [2.05, 4.69) is 28.3 Å². The van der Waals surface area contributed by atoms with Gasteiger partial charge in [-0.2, -0.15) is 0 Å². The second-order valence-corrected chi connectivity index (χ2v) is 1.13. The molecule has 0 spiro atoms. The van der Waals surface area contributed by atoms with Crippen molar-refractivity contribution >= 4 is 5.78 Å². The maximum atomic E-state index is 9.94. The third kappa shape index (κ3) is 34.2. The summed E-state index contributed by atoms with van der Waals surface area (Å²) in [5, 5.41) is 0. The average molecular weight is 173 g/mol. The van der Waals surface area contributed by atoms with Crippen LogP contribution in [0.5, 0.6) is 0 Å². The van der Waals surface area contributed by atoms with Crippen LogP contribution >= 0.6 is 0 Å². The van der Waals surface area contributed by atoms with Crippen LogP contribution in [-0.2, 0) is 24.3 Å². The normalized spacial score (nSPS) is 5.56. The van der Waals surface area contributed by atoms with Crippen LogP contribution in [0.4, 0.5) is 0 Å². The molecule has 0 saturated heterocycles. The van der Waals surface area contributed by atoms with Crippen LogP contribution in [0.25, 0.3) is 0 Å². The number of ketones is 1. The Balaban J connectivity index is -0.000000109. The van der Waals surface area contributed by atoms with Crippen molar-refractivity contribution in [2.24, 2.45) is 0 Å². The number of hydrogen-bond donors (Lipinski definition) is 0. The fraction of sp³-hybridized carbons (Fsp3) is 0.333. The summed E-state index contributed by atoms with van der Waals surface area (Å²) in [7, 11) is 0. The van der Waals surface area contributed by atoms with Gasteiger partial charge in [0.1, 0.15) is 5.78 Å². The predicted molar refractivity (Wildman–Crippen MR) is 31.3 cm³/mol. The van der Waals surface area contributed by atoms with Gasteiger partial charge in [-0.3, -0.25) is 6.58 Å². The zero-order chi connectivity index (χ0) is 6.99. The van der Waals surface area contributed by atoms with Gasteiger partial charge in [0.15, 0.2) is 0 Å². The van der Waals surface area contributed by atoms with E-state index in [0.717, 1.165) is 0 Å². The molecule has 0 aromatic rings. The van der Waals surface area contributed by atoms with Crippen LogP contribution in [-0.4, -0.2) is 5.78 Å². The SMILES string of the molecule is C=[C-]CC(C)=O.[CH3-].[O]=[Co]. The van der Waals surface area contributed by atoms with Gasteiger partial charge in [-0.25, -0.2) is 0 Å². The molecule has 0 aliphatic rings. The zero-order valence-electron chi connectivity index (χ0n) is 5.56. The molecule has 0 amide bonds. The Kier molecular flexibility index (Phi) is 27.6. The molecule has 0 rings (SSSR count). The molecule has 0 unspecified atom stereocenters. The van der Waals surface area contributed by atoms with Gasteiger partial charge in [0.05, 0.1) is 0 Å². The van der Waals surface area contributed by atoms with Gasteiger partial charge in [0, 0.05) is 0 Å². The van der Waals surface area contributed by atoms with Crippen molar-refractivity contribution in [3.05, 3.63) is 20.1 Å². The number of allylic oxidation sites excluding steroid dienone is 1.